The van der Waals surface area contributed by atoms with Gasteiger partial charge in [0.15, 0.2) is 0 Å². The first-order chi connectivity index (χ1) is 10.7. The molecule has 0 aliphatic carbocycles. The third kappa shape index (κ3) is 16.9. The number of carboxylic acids is 1. The molecule has 0 rings (SSSR count). The third-order valence-corrected chi connectivity index (χ3v) is 3.37. The van der Waals surface area contributed by atoms with Gasteiger partial charge in [0.25, 0.3) is 0 Å². The van der Waals surface area contributed by atoms with Crippen LogP contribution in [-0.2, 0) is 14.4 Å². The molecule has 0 spiro atoms. The predicted octanol–water partition coefficient (Wildman–Crippen LogP) is 2.63. The number of carboxylic acid groups (broad SMARTS) is 1. The number of amides is 1. The van der Waals surface area contributed by atoms with Crippen LogP contribution in [0.1, 0.15) is 71.1 Å². The number of aliphatic carboxylic acids is 1. The SMILES string of the molecule is CCCCCCCCCCCCONCC(=O)NCC(=O)O. The maximum atomic E-state index is 11.1. The second-order valence-electron chi connectivity index (χ2n) is 5.52. The Morgan fingerprint density at radius 1 is 0.864 bits per heavy atom. The van der Waals surface area contributed by atoms with Gasteiger partial charge in [0.2, 0.25) is 5.91 Å². The van der Waals surface area contributed by atoms with Crippen LogP contribution in [-0.4, -0.2) is 36.7 Å². The second-order valence-corrected chi connectivity index (χ2v) is 5.52. The van der Waals surface area contributed by atoms with Gasteiger partial charge in [-0.2, -0.15) is 5.48 Å². The van der Waals surface area contributed by atoms with Crippen molar-refractivity contribution in [3.05, 3.63) is 0 Å². The van der Waals surface area contributed by atoms with E-state index in [4.69, 9.17) is 9.94 Å². The fourth-order valence-corrected chi connectivity index (χ4v) is 2.09. The number of carbonyl (C=O) groups excluding carboxylic acids is 1. The van der Waals surface area contributed by atoms with Gasteiger partial charge in [0.05, 0.1) is 13.2 Å². The van der Waals surface area contributed by atoms with E-state index < -0.39 is 5.97 Å². The van der Waals surface area contributed by atoms with E-state index in [0.29, 0.717) is 6.61 Å². The molecule has 0 aromatic heterocycles. The molecule has 0 bridgehead atoms. The minimum absolute atomic E-state index is 0.0228. The van der Waals surface area contributed by atoms with Gasteiger partial charge in [-0.25, -0.2) is 0 Å². The Morgan fingerprint density at radius 3 is 1.95 bits per heavy atom. The van der Waals surface area contributed by atoms with Crippen molar-refractivity contribution in [2.24, 2.45) is 0 Å². The molecule has 0 aliphatic rings. The van der Waals surface area contributed by atoms with Gasteiger partial charge in [0, 0.05) is 0 Å². The molecule has 0 radical (unpaired) electrons. The highest BCUT2D eigenvalue weighted by Crippen LogP contribution is 2.10. The van der Waals surface area contributed by atoms with Crippen LogP contribution in [0.4, 0.5) is 0 Å². The summed E-state index contributed by atoms with van der Waals surface area (Å²) < 4.78 is 0. The zero-order valence-corrected chi connectivity index (χ0v) is 13.9. The standard InChI is InChI=1S/C16H32N2O4/c1-2-3-4-5-6-7-8-9-10-11-12-22-18-13-15(19)17-14-16(20)21/h18H,2-14H2,1H3,(H,17,19)(H,20,21). The number of hydrogen-bond acceptors (Lipinski definition) is 4. The highest BCUT2D eigenvalue weighted by Gasteiger charge is 2.02. The molecule has 1 amide bonds. The van der Waals surface area contributed by atoms with Crippen molar-refractivity contribution < 1.29 is 19.5 Å². The van der Waals surface area contributed by atoms with Crippen LogP contribution in [0.25, 0.3) is 0 Å². The minimum atomic E-state index is -1.06. The van der Waals surface area contributed by atoms with E-state index >= 15 is 0 Å². The van der Waals surface area contributed by atoms with Crippen molar-refractivity contribution in [1.29, 1.82) is 0 Å². The monoisotopic (exact) mass is 316 g/mol. The molecule has 0 aromatic carbocycles. The van der Waals surface area contributed by atoms with E-state index in [9.17, 15) is 9.59 Å². The van der Waals surface area contributed by atoms with Crippen molar-refractivity contribution in [1.82, 2.24) is 10.8 Å². The maximum Gasteiger partial charge on any atom is 0.322 e. The largest absolute Gasteiger partial charge is 0.480 e. The quantitative estimate of drug-likeness (QED) is 0.301. The molecule has 0 heterocycles. The second kappa shape index (κ2) is 16.2. The number of unbranched alkanes of at least 4 members (excludes halogenated alkanes) is 9. The predicted molar refractivity (Wildman–Crippen MR) is 86.4 cm³/mol. The Bertz CT molecular complexity index is 285. The summed E-state index contributed by atoms with van der Waals surface area (Å²) >= 11 is 0. The molecule has 22 heavy (non-hydrogen) atoms. The normalized spacial score (nSPS) is 10.6. The summed E-state index contributed by atoms with van der Waals surface area (Å²) in [4.78, 5) is 26.5. The van der Waals surface area contributed by atoms with E-state index in [1.165, 1.54) is 51.4 Å². The molecule has 0 aromatic rings. The molecule has 0 aliphatic heterocycles. The smallest absolute Gasteiger partial charge is 0.322 e. The molecular formula is C16H32N2O4. The molecule has 0 fully saturated rings. The van der Waals surface area contributed by atoms with Gasteiger partial charge in [0.1, 0.15) is 6.54 Å². The molecule has 0 unspecified atom stereocenters. The molecule has 0 saturated carbocycles. The molecule has 3 N–H and O–H groups in total. The molecule has 0 atom stereocenters. The Hall–Kier alpha value is -1.14. The molecule has 0 saturated heterocycles. The van der Waals surface area contributed by atoms with Crippen LogP contribution in [0.5, 0.6) is 0 Å². The lowest BCUT2D eigenvalue weighted by Crippen LogP contribution is -2.36. The van der Waals surface area contributed by atoms with Crippen molar-refractivity contribution in [2.75, 3.05) is 19.7 Å². The van der Waals surface area contributed by atoms with Gasteiger partial charge in [-0.1, -0.05) is 64.7 Å². The fourth-order valence-electron chi connectivity index (χ4n) is 2.09. The third-order valence-electron chi connectivity index (χ3n) is 3.37. The van der Waals surface area contributed by atoms with E-state index in [-0.39, 0.29) is 19.0 Å². The van der Waals surface area contributed by atoms with Crippen LogP contribution in [0.15, 0.2) is 0 Å². The molecular weight excluding hydrogens is 284 g/mol. The molecule has 6 nitrogen and oxygen atoms in total. The zero-order chi connectivity index (χ0) is 16.5. The van der Waals surface area contributed by atoms with Crippen LogP contribution in [0.2, 0.25) is 0 Å². The van der Waals surface area contributed by atoms with Gasteiger partial charge >= 0.3 is 5.97 Å². The van der Waals surface area contributed by atoms with Crippen molar-refractivity contribution in [3.8, 4) is 0 Å². The van der Waals surface area contributed by atoms with E-state index in [1.807, 2.05) is 0 Å². The number of hydrogen-bond donors (Lipinski definition) is 3. The van der Waals surface area contributed by atoms with Crippen molar-refractivity contribution in [2.45, 2.75) is 71.1 Å². The van der Waals surface area contributed by atoms with E-state index in [1.54, 1.807) is 0 Å². The summed E-state index contributed by atoms with van der Waals surface area (Å²) in [5.41, 5.74) is 2.53. The number of nitrogens with one attached hydrogen (secondary N) is 2. The summed E-state index contributed by atoms with van der Waals surface area (Å²) in [5, 5.41) is 10.6. The average molecular weight is 316 g/mol. The lowest BCUT2D eigenvalue weighted by atomic mass is 10.1. The number of hydroxylamine groups is 1. The van der Waals surface area contributed by atoms with Crippen molar-refractivity contribution >= 4 is 11.9 Å². The average Bonchev–Trinajstić information content (AvgIpc) is 2.49. The lowest BCUT2D eigenvalue weighted by molar-refractivity contribution is -0.138. The topological polar surface area (TPSA) is 87.7 Å². The van der Waals surface area contributed by atoms with Crippen LogP contribution in [0.3, 0.4) is 0 Å². The Kier molecular flexibility index (Phi) is 15.4. The fraction of sp³-hybridized carbons (Fsp3) is 0.875. The highest BCUT2D eigenvalue weighted by atomic mass is 16.6. The van der Waals surface area contributed by atoms with Crippen LogP contribution < -0.4 is 10.8 Å². The van der Waals surface area contributed by atoms with Gasteiger partial charge in [-0.3, -0.25) is 9.59 Å². The summed E-state index contributed by atoms with van der Waals surface area (Å²) in [6.07, 6.45) is 12.7. The van der Waals surface area contributed by atoms with Crippen molar-refractivity contribution in [3.63, 3.8) is 0 Å². The summed E-state index contributed by atoms with van der Waals surface area (Å²) in [7, 11) is 0. The van der Waals surface area contributed by atoms with Gasteiger partial charge < -0.3 is 15.3 Å². The van der Waals surface area contributed by atoms with E-state index in [0.717, 1.165) is 12.8 Å². The molecule has 130 valence electrons. The summed E-state index contributed by atoms with van der Waals surface area (Å²) in [6, 6.07) is 0. The first-order valence-electron chi connectivity index (χ1n) is 8.50. The number of carbonyl (C=O) groups is 2. The Morgan fingerprint density at radius 2 is 1.41 bits per heavy atom. The summed E-state index contributed by atoms with van der Waals surface area (Å²) in [5.74, 6) is -1.44. The minimum Gasteiger partial charge on any atom is -0.480 e. The maximum absolute atomic E-state index is 11.1. The highest BCUT2D eigenvalue weighted by molar-refractivity contribution is 5.82. The number of rotatable bonds is 16. The van der Waals surface area contributed by atoms with E-state index in [2.05, 4.69) is 17.7 Å². The first-order valence-corrected chi connectivity index (χ1v) is 8.50. The van der Waals surface area contributed by atoms with Gasteiger partial charge in [-0.15, -0.1) is 0 Å². The molecule has 6 heteroatoms. The Labute approximate surface area is 133 Å². The Balaban J connectivity index is 3.11. The zero-order valence-electron chi connectivity index (χ0n) is 13.9. The van der Waals surface area contributed by atoms with Gasteiger partial charge in [-0.05, 0) is 6.42 Å². The van der Waals surface area contributed by atoms with Crippen LogP contribution >= 0.6 is 0 Å². The summed E-state index contributed by atoms with van der Waals surface area (Å²) in [6.45, 7) is 2.42. The lowest BCUT2D eigenvalue weighted by Gasteiger charge is -2.06. The first kappa shape index (κ1) is 20.9. The van der Waals surface area contributed by atoms with Crippen LogP contribution in [0, 0.1) is 0 Å².